The van der Waals surface area contributed by atoms with Crippen LogP contribution in [-0.4, -0.2) is 34.9 Å². The molecule has 0 bridgehead atoms. The number of rotatable bonds is 1. The van der Waals surface area contributed by atoms with Crippen LogP contribution >= 0.6 is 11.3 Å². The molecule has 1 fully saturated rings. The van der Waals surface area contributed by atoms with Crippen molar-refractivity contribution in [2.75, 3.05) is 13.1 Å². The van der Waals surface area contributed by atoms with Gasteiger partial charge in [0, 0.05) is 19.1 Å². The Morgan fingerprint density at radius 2 is 2.47 bits per heavy atom. The molecular formula is C10H15N3OS. The molecule has 1 aromatic heterocycles. The summed E-state index contributed by atoms with van der Waals surface area (Å²) in [6, 6.07) is 0.116. The number of piperidine rings is 1. The third kappa shape index (κ3) is 2.35. The summed E-state index contributed by atoms with van der Waals surface area (Å²) in [5, 5.41) is 0. The topological polar surface area (TPSA) is 59.2 Å². The first-order valence-electron chi connectivity index (χ1n) is 5.10. The lowest BCUT2D eigenvalue weighted by Crippen LogP contribution is -2.48. The van der Waals surface area contributed by atoms with Gasteiger partial charge < -0.3 is 10.6 Å². The Labute approximate surface area is 93.1 Å². The number of nitrogens with two attached hydrogens (primary N) is 1. The molecule has 0 saturated carbocycles. The lowest BCUT2D eigenvalue weighted by molar-refractivity contribution is 0.0665. The smallest absolute Gasteiger partial charge is 0.265 e. The third-order valence-electron chi connectivity index (χ3n) is 2.62. The van der Waals surface area contributed by atoms with Crippen LogP contribution in [0.1, 0.15) is 23.0 Å². The van der Waals surface area contributed by atoms with Crippen LogP contribution in [-0.2, 0) is 0 Å². The predicted octanol–water partition coefficient (Wildman–Crippen LogP) is 0.952. The van der Waals surface area contributed by atoms with Gasteiger partial charge in [-0.1, -0.05) is 6.92 Å². The molecule has 2 unspecified atom stereocenters. The van der Waals surface area contributed by atoms with Crippen molar-refractivity contribution in [3.8, 4) is 0 Å². The Bertz CT molecular complexity index is 328. The summed E-state index contributed by atoms with van der Waals surface area (Å²) in [5.41, 5.74) is 7.58. The van der Waals surface area contributed by atoms with E-state index >= 15 is 0 Å². The van der Waals surface area contributed by atoms with E-state index in [0.29, 0.717) is 17.3 Å². The molecule has 82 valence electrons. The second kappa shape index (κ2) is 4.28. The van der Waals surface area contributed by atoms with Crippen LogP contribution in [0, 0.1) is 5.92 Å². The van der Waals surface area contributed by atoms with Crippen LogP contribution in [0.15, 0.2) is 11.7 Å². The standard InChI is InChI=1S/C10H15N3OS/c1-7-2-8(11)5-13(4-7)10(14)9-3-12-6-15-9/h3,6-8H,2,4-5,11H2,1H3. The summed E-state index contributed by atoms with van der Waals surface area (Å²) in [7, 11) is 0. The van der Waals surface area contributed by atoms with Crippen LogP contribution in [0.25, 0.3) is 0 Å². The maximum absolute atomic E-state index is 12.0. The quantitative estimate of drug-likeness (QED) is 0.774. The molecule has 0 aromatic carbocycles. The summed E-state index contributed by atoms with van der Waals surface area (Å²) >= 11 is 1.38. The molecule has 0 spiro atoms. The number of amides is 1. The van der Waals surface area contributed by atoms with E-state index in [-0.39, 0.29) is 11.9 Å². The Kier molecular flexibility index (Phi) is 3.02. The summed E-state index contributed by atoms with van der Waals surface area (Å²) in [4.78, 5) is 18.5. The van der Waals surface area contributed by atoms with E-state index < -0.39 is 0 Å². The maximum atomic E-state index is 12.0. The first-order valence-corrected chi connectivity index (χ1v) is 5.98. The molecule has 0 radical (unpaired) electrons. The number of likely N-dealkylation sites (tertiary alicyclic amines) is 1. The van der Waals surface area contributed by atoms with Crippen molar-refractivity contribution >= 4 is 17.2 Å². The van der Waals surface area contributed by atoms with E-state index in [4.69, 9.17) is 5.73 Å². The Morgan fingerprint density at radius 3 is 3.07 bits per heavy atom. The van der Waals surface area contributed by atoms with Gasteiger partial charge in [0.1, 0.15) is 4.88 Å². The number of aromatic nitrogens is 1. The molecule has 1 aliphatic rings. The molecule has 15 heavy (non-hydrogen) atoms. The molecule has 2 rings (SSSR count). The zero-order valence-corrected chi connectivity index (χ0v) is 9.54. The summed E-state index contributed by atoms with van der Waals surface area (Å²) < 4.78 is 0. The van der Waals surface area contributed by atoms with E-state index in [0.717, 1.165) is 13.0 Å². The minimum atomic E-state index is 0.0690. The largest absolute Gasteiger partial charge is 0.336 e. The fourth-order valence-corrected chi connectivity index (χ4v) is 2.63. The zero-order valence-electron chi connectivity index (χ0n) is 8.72. The normalized spacial score (nSPS) is 26.7. The molecule has 1 aromatic rings. The number of hydrogen-bond acceptors (Lipinski definition) is 4. The van der Waals surface area contributed by atoms with Gasteiger partial charge in [-0.3, -0.25) is 9.78 Å². The van der Waals surface area contributed by atoms with E-state index in [2.05, 4.69) is 11.9 Å². The highest BCUT2D eigenvalue weighted by molar-refractivity contribution is 7.11. The summed E-state index contributed by atoms with van der Waals surface area (Å²) in [6.07, 6.45) is 2.63. The molecule has 1 saturated heterocycles. The molecule has 5 heteroatoms. The number of hydrogen-bond donors (Lipinski definition) is 1. The highest BCUT2D eigenvalue weighted by Crippen LogP contribution is 2.18. The molecule has 0 aliphatic carbocycles. The van der Waals surface area contributed by atoms with Crippen LogP contribution in [0.2, 0.25) is 0 Å². The fraction of sp³-hybridized carbons (Fsp3) is 0.600. The minimum Gasteiger partial charge on any atom is -0.336 e. The first-order chi connectivity index (χ1) is 7.16. The van der Waals surface area contributed by atoms with E-state index in [1.807, 2.05) is 4.90 Å². The highest BCUT2D eigenvalue weighted by atomic mass is 32.1. The average Bonchev–Trinajstić information content (AvgIpc) is 2.67. The van der Waals surface area contributed by atoms with Crippen LogP contribution in [0.5, 0.6) is 0 Å². The van der Waals surface area contributed by atoms with Gasteiger partial charge in [-0.2, -0.15) is 0 Å². The Balaban J connectivity index is 2.07. The molecule has 4 nitrogen and oxygen atoms in total. The SMILES string of the molecule is CC1CC(N)CN(C(=O)c2cncs2)C1. The molecule has 2 N–H and O–H groups in total. The lowest BCUT2D eigenvalue weighted by atomic mass is 9.96. The number of thiazole rings is 1. The summed E-state index contributed by atoms with van der Waals surface area (Å²) in [5.74, 6) is 0.560. The summed E-state index contributed by atoms with van der Waals surface area (Å²) in [6.45, 7) is 3.61. The molecule has 1 amide bonds. The van der Waals surface area contributed by atoms with Crippen LogP contribution < -0.4 is 5.73 Å². The predicted molar refractivity (Wildman–Crippen MR) is 59.8 cm³/mol. The Morgan fingerprint density at radius 1 is 1.67 bits per heavy atom. The fourth-order valence-electron chi connectivity index (χ4n) is 2.04. The van der Waals surface area contributed by atoms with Crippen molar-refractivity contribution in [3.63, 3.8) is 0 Å². The van der Waals surface area contributed by atoms with E-state index in [1.165, 1.54) is 11.3 Å². The molecule has 2 heterocycles. The molecule has 1 aliphatic heterocycles. The molecular weight excluding hydrogens is 210 g/mol. The van der Waals surface area contributed by atoms with Gasteiger partial charge in [0.25, 0.3) is 5.91 Å². The van der Waals surface area contributed by atoms with Crippen molar-refractivity contribution in [1.29, 1.82) is 0 Å². The number of nitrogens with zero attached hydrogens (tertiary/aromatic N) is 2. The second-order valence-electron chi connectivity index (χ2n) is 4.18. The van der Waals surface area contributed by atoms with E-state index in [9.17, 15) is 4.79 Å². The van der Waals surface area contributed by atoms with Crippen molar-refractivity contribution in [1.82, 2.24) is 9.88 Å². The molecule has 2 atom stereocenters. The average molecular weight is 225 g/mol. The van der Waals surface area contributed by atoms with Gasteiger partial charge in [-0.05, 0) is 12.3 Å². The maximum Gasteiger partial charge on any atom is 0.265 e. The third-order valence-corrected chi connectivity index (χ3v) is 3.38. The first kappa shape index (κ1) is 10.6. The van der Waals surface area contributed by atoms with Crippen molar-refractivity contribution in [2.24, 2.45) is 11.7 Å². The van der Waals surface area contributed by atoms with Crippen molar-refractivity contribution in [2.45, 2.75) is 19.4 Å². The number of carbonyl (C=O) groups is 1. The Hall–Kier alpha value is -0.940. The van der Waals surface area contributed by atoms with Crippen LogP contribution in [0.3, 0.4) is 0 Å². The minimum absolute atomic E-state index is 0.0690. The second-order valence-corrected chi connectivity index (χ2v) is 5.06. The van der Waals surface area contributed by atoms with Gasteiger partial charge in [0.15, 0.2) is 0 Å². The number of carbonyl (C=O) groups excluding carboxylic acids is 1. The monoisotopic (exact) mass is 225 g/mol. The van der Waals surface area contributed by atoms with Gasteiger partial charge in [0.05, 0.1) is 11.7 Å². The van der Waals surface area contributed by atoms with Crippen molar-refractivity contribution in [3.05, 3.63) is 16.6 Å². The van der Waals surface area contributed by atoms with Gasteiger partial charge in [-0.15, -0.1) is 11.3 Å². The van der Waals surface area contributed by atoms with Gasteiger partial charge in [0.2, 0.25) is 0 Å². The van der Waals surface area contributed by atoms with Crippen molar-refractivity contribution < 1.29 is 4.79 Å². The van der Waals surface area contributed by atoms with Crippen LogP contribution in [0.4, 0.5) is 0 Å². The van der Waals surface area contributed by atoms with Gasteiger partial charge >= 0.3 is 0 Å². The van der Waals surface area contributed by atoms with E-state index in [1.54, 1.807) is 11.7 Å². The zero-order chi connectivity index (χ0) is 10.8. The highest BCUT2D eigenvalue weighted by Gasteiger charge is 2.26. The lowest BCUT2D eigenvalue weighted by Gasteiger charge is -2.34. The van der Waals surface area contributed by atoms with Gasteiger partial charge in [-0.25, -0.2) is 0 Å².